The van der Waals surface area contributed by atoms with Crippen LogP contribution in [0, 0.1) is 5.92 Å². The predicted molar refractivity (Wildman–Crippen MR) is 95.9 cm³/mol. The Morgan fingerprint density at radius 1 is 1.08 bits per heavy atom. The zero-order chi connectivity index (χ0) is 19.4. The molecule has 0 radical (unpaired) electrons. The molecule has 0 spiro atoms. The van der Waals surface area contributed by atoms with E-state index in [0.717, 1.165) is 31.2 Å². The van der Waals surface area contributed by atoms with Gasteiger partial charge in [0.1, 0.15) is 11.4 Å². The van der Waals surface area contributed by atoms with Gasteiger partial charge in [0.15, 0.2) is 12.0 Å². The lowest BCUT2D eigenvalue weighted by Gasteiger charge is -2.29. The number of ether oxygens (including phenoxy) is 1. The molecule has 1 aliphatic rings. The van der Waals surface area contributed by atoms with Crippen LogP contribution >= 0.6 is 12.0 Å². The number of alkyl halides is 3. The first-order chi connectivity index (χ1) is 12.0. The van der Waals surface area contributed by atoms with Crippen LogP contribution in [0.15, 0.2) is 24.3 Å². The van der Waals surface area contributed by atoms with Crippen molar-refractivity contribution < 1.29 is 26.9 Å². The average Bonchev–Trinajstić information content (AvgIpc) is 2.52. The van der Waals surface area contributed by atoms with E-state index in [4.69, 9.17) is 4.74 Å². The van der Waals surface area contributed by atoms with Gasteiger partial charge in [0.25, 0.3) is 0 Å². The van der Waals surface area contributed by atoms with Gasteiger partial charge in [-0.25, -0.2) is 0 Å². The highest BCUT2D eigenvalue weighted by Crippen LogP contribution is 2.38. The average molecular weight is 390 g/mol. The summed E-state index contributed by atoms with van der Waals surface area (Å²) in [4.78, 5) is 11.9. The first-order valence-electron chi connectivity index (χ1n) is 8.76. The molecular formula is C19H25F3O3S. The third-order valence-electron chi connectivity index (χ3n) is 4.31. The van der Waals surface area contributed by atoms with Crippen LogP contribution in [0.25, 0.3) is 0 Å². The van der Waals surface area contributed by atoms with Crippen molar-refractivity contribution in [2.75, 3.05) is 0 Å². The highest BCUT2D eigenvalue weighted by atomic mass is 32.2. The van der Waals surface area contributed by atoms with Gasteiger partial charge < -0.3 is 8.92 Å². The minimum atomic E-state index is -4.41. The van der Waals surface area contributed by atoms with Crippen LogP contribution < -0.4 is 4.18 Å². The monoisotopic (exact) mass is 390 g/mol. The fraction of sp³-hybridized carbons (Fsp3) is 0.632. The molecule has 1 aromatic rings. The number of carbonyl (C=O) groups excluding carboxylic acids is 1. The molecule has 3 nitrogen and oxygen atoms in total. The lowest BCUT2D eigenvalue weighted by Crippen LogP contribution is -2.26. The van der Waals surface area contributed by atoms with Crippen LogP contribution in [0.5, 0.6) is 5.75 Å². The van der Waals surface area contributed by atoms with Crippen LogP contribution in [0.4, 0.5) is 13.2 Å². The van der Waals surface area contributed by atoms with Crippen LogP contribution in [-0.4, -0.2) is 17.1 Å². The standard InChI is InChI=1S/C19H25F3O3S/c1-18(2,3)24-17(23)12-13-4-6-14(7-5-13)15-8-10-16(11-9-15)25-26-19(20,21)22/h8-11,13-14H,4-7,12H2,1-3H3/t13-,14-. The quantitative estimate of drug-likeness (QED) is 0.440. The van der Waals surface area contributed by atoms with Gasteiger partial charge in [0.2, 0.25) is 0 Å². The summed E-state index contributed by atoms with van der Waals surface area (Å²) in [5.74, 6) is 0.750. The lowest BCUT2D eigenvalue weighted by molar-refractivity contribution is -0.156. The number of rotatable bonds is 5. The molecule has 0 unspecified atom stereocenters. The maximum absolute atomic E-state index is 12.1. The van der Waals surface area contributed by atoms with Crippen molar-refractivity contribution in [1.82, 2.24) is 0 Å². The molecule has 7 heteroatoms. The minimum absolute atomic E-state index is 0.149. The van der Waals surface area contributed by atoms with E-state index in [0.29, 0.717) is 18.3 Å². The maximum Gasteiger partial charge on any atom is 0.479 e. The summed E-state index contributed by atoms with van der Waals surface area (Å²) in [7, 11) is 0. The molecular weight excluding hydrogens is 365 g/mol. The molecule has 0 amide bonds. The number of hydrogen-bond donors (Lipinski definition) is 0. The number of esters is 1. The Morgan fingerprint density at radius 3 is 2.15 bits per heavy atom. The van der Waals surface area contributed by atoms with Crippen molar-refractivity contribution in [3.05, 3.63) is 29.8 Å². The number of benzene rings is 1. The summed E-state index contributed by atoms with van der Waals surface area (Å²) >= 11 is -0.506. The lowest BCUT2D eigenvalue weighted by atomic mass is 9.77. The van der Waals surface area contributed by atoms with E-state index in [1.807, 2.05) is 32.9 Å². The molecule has 0 aromatic heterocycles. The normalized spacial score (nSPS) is 21.3. The van der Waals surface area contributed by atoms with Crippen molar-refractivity contribution in [3.63, 3.8) is 0 Å². The van der Waals surface area contributed by atoms with E-state index in [1.54, 1.807) is 12.1 Å². The van der Waals surface area contributed by atoms with Crippen molar-refractivity contribution in [2.24, 2.45) is 5.92 Å². The maximum atomic E-state index is 12.1. The molecule has 0 atom stereocenters. The number of halogens is 3. The molecule has 1 aromatic carbocycles. The van der Waals surface area contributed by atoms with Gasteiger partial charge in [-0.2, -0.15) is 13.2 Å². The van der Waals surface area contributed by atoms with E-state index < -0.39 is 23.2 Å². The Bertz CT molecular complexity index is 586. The van der Waals surface area contributed by atoms with E-state index in [-0.39, 0.29) is 11.7 Å². The Hall–Kier alpha value is -1.37. The van der Waals surface area contributed by atoms with Gasteiger partial charge in [-0.15, -0.1) is 0 Å². The zero-order valence-electron chi connectivity index (χ0n) is 15.3. The second kappa shape index (κ2) is 8.55. The summed E-state index contributed by atoms with van der Waals surface area (Å²) < 4.78 is 46.4. The topological polar surface area (TPSA) is 35.5 Å². The second-order valence-corrected chi connectivity index (χ2v) is 8.49. The van der Waals surface area contributed by atoms with Crippen LogP contribution in [0.3, 0.4) is 0 Å². The van der Waals surface area contributed by atoms with Crippen molar-refractivity contribution in [1.29, 1.82) is 0 Å². The molecule has 1 fully saturated rings. The van der Waals surface area contributed by atoms with Gasteiger partial charge >= 0.3 is 11.5 Å². The van der Waals surface area contributed by atoms with Gasteiger partial charge in [-0.3, -0.25) is 4.79 Å². The third kappa shape index (κ3) is 7.48. The summed E-state index contributed by atoms with van der Waals surface area (Å²) in [6.45, 7) is 5.59. The molecule has 0 bridgehead atoms. The Labute approximate surface area is 156 Å². The predicted octanol–water partition coefficient (Wildman–Crippen LogP) is 6.24. The highest BCUT2D eigenvalue weighted by Gasteiger charge is 2.31. The summed E-state index contributed by atoms with van der Waals surface area (Å²) in [5, 5.41) is 0. The van der Waals surface area contributed by atoms with Crippen LogP contribution in [0.1, 0.15) is 64.4 Å². The Balaban J connectivity index is 1.79. The minimum Gasteiger partial charge on any atom is -0.460 e. The Kier molecular flexibility index (Phi) is 6.88. The van der Waals surface area contributed by atoms with E-state index in [2.05, 4.69) is 4.18 Å². The highest BCUT2D eigenvalue weighted by molar-refractivity contribution is 7.95. The molecule has 26 heavy (non-hydrogen) atoms. The van der Waals surface area contributed by atoms with Crippen molar-refractivity contribution >= 4 is 18.0 Å². The smallest absolute Gasteiger partial charge is 0.460 e. The van der Waals surface area contributed by atoms with Gasteiger partial charge in [-0.1, -0.05) is 12.1 Å². The molecule has 0 heterocycles. The fourth-order valence-corrected chi connectivity index (χ4v) is 3.51. The Morgan fingerprint density at radius 2 is 1.65 bits per heavy atom. The third-order valence-corrected chi connectivity index (χ3v) is 4.77. The van der Waals surface area contributed by atoms with Crippen molar-refractivity contribution in [3.8, 4) is 5.75 Å². The first kappa shape index (κ1) is 20.9. The van der Waals surface area contributed by atoms with E-state index in [1.165, 1.54) is 0 Å². The molecule has 1 aliphatic carbocycles. The van der Waals surface area contributed by atoms with Gasteiger partial charge in [-0.05, 0) is 76.0 Å². The molecule has 0 aliphatic heterocycles. The van der Waals surface area contributed by atoms with E-state index >= 15 is 0 Å². The molecule has 146 valence electrons. The largest absolute Gasteiger partial charge is 0.479 e. The SMILES string of the molecule is CC(C)(C)OC(=O)C[C@H]1CC[C@H](c2ccc(OSC(F)(F)F)cc2)CC1. The van der Waals surface area contributed by atoms with Gasteiger partial charge in [0, 0.05) is 6.42 Å². The summed E-state index contributed by atoms with van der Waals surface area (Å²) in [5.41, 5.74) is -3.77. The molecule has 0 saturated heterocycles. The first-order valence-corrected chi connectivity index (χ1v) is 9.50. The van der Waals surface area contributed by atoms with Crippen LogP contribution in [-0.2, 0) is 9.53 Å². The van der Waals surface area contributed by atoms with Crippen LogP contribution in [0.2, 0.25) is 0 Å². The van der Waals surface area contributed by atoms with Crippen molar-refractivity contribution in [2.45, 2.75) is 69.9 Å². The fourth-order valence-electron chi connectivity index (χ4n) is 3.21. The summed E-state index contributed by atoms with van der Waals surface area (Å²) in [6.07, 6.45) is 4.28. The van der Waals surface area contributed by atoms with Gasteiger partial charge in [0.05, 0.1) is 0 Å². The number of hydrogen-bond acceptors (Lipinski definition) is 4. The second-order valence-electron chi connectivity index (χ2n) is 7.69. The molecule has 1 saturated carbocycles. The molecule has 2 rings (SSSR count). The number of carbonyl (C=O) groups is 1. The van der Waals surface area contributed by atoms with E-state index in [9.17, 15) is 18.0 Å². The summed E-state index contributed by atoms with van der Waals surface area (Å²) in [6, 6.07) is 6.79. The zero-order valence-corrected chi connectivity index (χ0v) is 16.1. The molecule has 0 N–H and O–H groups in total.